The molecule has 1 aromatic carbocycles. The number of rotatable bonds is 6. The predicted octanol–water partition coefficient (Wildman–Crippen LogP) is 2.96. The molecule has 1 amide bonds. The van der Waals surface area contributed by atoms with E-state index in [1.807, 2.05) is 45.2 Å². The Morgan fingerprint density at radius 1 is 1.27 bits per heavy atom. The molecule has 6 heteroatoms. The Kier molecular flexibility index (Phi) is 5.21. The van der Waals surface area contributed by atoms with E-state index >= 15 is 0 Å². The van der Waals surface area contributed by atoms with Crippen LogP contribution >= 0.6 is 0 Å². The van der Waals surface area contributed by atoms with Crippen LogP contribution in [0.15, 0.2) is 30.3 Å². The Balaban J connectivity index is 1.68. The zero-order valence-electron chi connectivity index (χ0n) is 15.7. The number of hydrogen-bond donors (Lipinski definition) is 1. The van der Waals surface area contributed by atoms with Crippen molar-refractivity contribution in [2.24, 2.45) is 7.05 Å². The summed E-state index contributed by atoms with van der Waals surface area (Å²) in [6, 6.07) is 9.78. The number of carbonyl (C=O) groups is 1. The number of pyridine rings is 1. The van der Waals surface area contributed by atoms with Gasteiger partial charge in [-0.05, 0) is 44.4 Å². The van der Waals surface area contributed by atoms with E-state index in [0.717, 1.165) is 46.6 Å². The molecule has 0 saturated heterocycles. The first-order chi connectivity index (χ1) is 12.5. The first kappa shape index (κ1) is 17.9. The summed E-state index contributed by atoms with van der Waals surface area (Å²) in [6.07, 6.45) is 1.69. The number of carbonyl (C=O) groups excluding carboxylic acids is 1. The maximum absolute atomic E-state index is 12.7. The van der Waals surface area contributed by atoms with E-state index in [2.05, 4.69) is 21.5 Å². The summed E-state index contributed by atoms with van der Waals surface area (Å²) in [6.45, 7) is 4.39. The summed E-state index contributed by atoms with van der Waals surface area (Å²) < 4.78 is 7.08. The fraction of sp³-hybridized carbons (Fsp3) is 0.350. The van der Waals surface area contributed by atoms with Crippen molar-refractivity contribution in [2.75, 3.05) is 13.7 Å². The van der Waals surface area contributed by atoms with Gasteiger partial charge in [0.15, 0.2) is 5.65 Å². The van der Waals surface area contributed by atoms with Gasteiger partial charge < -0.3 is 10.1 Å². The van der Waals surface area contributed by atoms with Crippen LogP contribution in [0.5, 0.6) is 5.75 Å². The smallest absolute Gasteiger partial charge is 0.252 e. The lowest BCUT2D eigenvalue weighted by Crippen LogP contribution is -2.25. The first-order valence-electron chi connectivity index (χ1n) is 8.72. The molecule has 0 radical (unpaired) electrons. The van der Waals surface area contributed by atoms with Crippen molar-refractivity contribution >= 4 is 16.9 Å². The van der Waals surface area contributed by atoms with Crippen molar-refractivity contribution in [3.8, 4) is 5.75 Å². The number of para-hydroxylation sites is 1. The molecule has 0 aliphatic heterocycles. The van der Waals surface area contributed by atoms with E-state index in [-0.39, 0.29) is 5.91 Å². The van der Waals surface area contributed by atoms with E-state index in [0.29, 0.717) is 12.1 Å². The molecule has 2 aromatic heterocycles. The van der Waals surface area contributed by atoms with E-state index in [1.54, 1.807) is 11.8 Å². The lowest BCUT2D eigenvalue weighted by Gasteiger charge is -2.10. The van der Waals surface area contributed by atoms with Crippen LogP contribution in [0.1, 0.15) is 33.7 Å². The van der Waals surface area contributed by atoms with Gasteiger partial charge in [-0.15, -0.1) is 0 Å². The lowest BCUT2D eigenvalue weighted by molar-refractivity contribution is 0.0954. The maximum Gasteiger partial charge on any atom is 0.252 e. The Hall–Kier alpha value is -2.89. The third kappa shape index (κ3) is 3.54. The lowest BCUT2D eigenvalue weighted by atomic mass is 10.1. The Morgan fingerprint density at radius 3 is 2.81 bits per heavy atom. The van der Waals surface area contributed by atoms with Gasteiger partial charge in [0.2, 0.25) is 0 Å². The monoisotopic (exact) mass is 352 g/mol. The van der Waals surface area contributed by atoms with E-state index in [4.69, 9.17) is 4.74 Å². The summed E-state index contributed by atoms with van der Waals surface area (Å²) in [4.78, 5) is 17.2. The number of benzene rings is 1. The minimum absolute atomic E-state index is 0.0865. The second-order valence-electron chi connectivity index (χ2n) is 6.39. The van der Waals surface area contributed by atoms with Crippen molar-refractivity contribution < 1.29 is 9.53 Å². The van der Waals surface area contributed by atoms with Crippen LogP contribution in [0.4, 0.5) is 0 Å². The molecule has 0 fully saturated rings. The Bertz CT molecular complexity index is 946. The van der Waals surface area contributed by atoms with Crippen molar-refractivity contribution in [1.82, 2.24) is 20.1 Å². The molecule has 0 unspecified atom stereocenters. The van der Waals surface area contributed by atoms with Crippen LogP contribution in [0.25, 0.3) is 11.0 Å². The highest BCUT2D eigenvalue weighted by Gasteiger charge is 2.17. The average Bonchev–Trinajstić information content (AvgIpc) is 2.92. The van der Waals surface area contributed by atoms with Crippen LogP contribution in [0.2, 0.25) is 0 Å². The molecule has 0 saturated carbocycles. The van der Waals surface area contributed by atoms with Gasteiger partial charge in [-0.3, -0.25) is 9.48 Å². The average molecular weight is 352 g/mol. The predicted molar refractivity (Wildman–Crippen MR) is 102 cm³/mol. The molecular weight excluding hydrogens is 328 g/mol. The molecule has 3 aromatic rings. The molecule has 1 N–H and O–H groups in total. The number of aromatic nitrogens is 3. The number of methoxy groups -OCH3 is 1. The molecular formula is C20H24N4O2. The molecule has 0 bridgehead atoms. The summed E-state index contributed by atoms with van der Waals surface area (Å²) in [7, 11) is 3.52. The highest BCUT2D eigenvalue weighted by molar-refractivity contribution is 6.06. The van der Waals surface area contributed by atoms with Gasteiger partial charge in [0, 0.05) is 19.3 Å². The molecule has 2 heterocycles. The molecule has 0 spiro atoms. The normalized spacial score (nSPS) is 10.9. The first-order valence-corrected chi connectivity index (χ1v) is 8.72. The van der Waals surface area contributed by atoms with Crippen LogP contribution in [-0.4, -0.2) is 34.3 Å². The van der Waals surface area contributed by atoms with Crippen LogP contribution in [-0.2, 0) is 13.5 Å². The van der Waals surface area contributed by atoms with Crippen LogP contribution < -0.4 is 10.1 Å². The van der Waals surface area contributed by atoms with Gasteiger partial charge in [0.1, 0.15) is 5.75 Å². The van der Waals surface area contributed by atoms with E-state index < -0.39 is 0 Å². The molecule has 6 nitrogen and oxygen atoms in total. The summed E-state index contributed by atoms with van der Waals surface area (Å²) in [5.74, 6) is 0.799. The SMILES string of the molecule is COc1ccccc1CCCNC(=O)c1cc(C)nc2c1c(C)nn2C. The third-order valence-corrected chi connectivity index (χ3v) is 4.44. The van der Waals surface area contributed by atoms with Crippen molar-refractivity contribution in [3.63, 3.8) is 0 Å². The fourth-order valence-electron chi connectivity index (χ4n) is 3.23. The standard InChI is InChI=1S/C20H24N4O2/c1-13-12-16(18-14(2)23-24(3)19(18)22-13)20(25)21-11-7-9-15-8-5-6-10-17(15)26-4/h5-6,8,10,12H,7,9,11H2,1-4H3,(H,21,25). The van der Waals surface area contributed by atoms with Gasteiger partial charge in [-0.25, -0.2) is 4.98 Å². The number of nitrogens with zero attached hydrogens (tertiary/aromatic N) is 3. The third-order valence-electron chi connectivity index (χ3n) is 4.44. The number of ether oxygens (including phenoxy) is 1. The Labute approximate surface area is 153 Å². The van der Waals surface area contributed by atoms with Crippen molar-refractivity contribution in [1.29, 1.82) is 0 Å². The molecule has 136 valence electrons. The molecule has 3 rings (SSSR count). The fourth-order valence-corrected chi connectivity index (χ4v) is 3.23. The number of amides is 1. The number of nitrogens with one attached hydrogen (secondary N) is 1. The number of fused-ring (bicyclic) bond motifs is 1. The van der Waals surface area contributed by atoms with E-state index in [1.165, 1.54) is 0 Å². The van der Waals surface area contributed by atoms with Gasteiger partial charge in [0.05, 0.1) is 23.8 Å². The quantitative estimate of drug-likeness (QED) is 0.693. The second-order valence-corrected chi connectivity index (χ2v) is 6.39. The van der Waals surface area contributed by atoms with Crippen molar-refractivity contribution in [3.05, 3.63) is 52.8 Å². The number of aryl methyl sites for hydroxylation is 4. The summed E-state index contributed by atoms with van der Waals surface area (Å²) >= 11 is 0. The minimum atomic E-state index is -0.0865. The number of hydrogen-bond acceptors (Lipinski definition) is 4. The summed E-state index contributed by atoms with van der Waals surface area (Å²) in [5, 5.41) is 8.23. The summed E-state index contributed by atoms with van der Waals surface area (Å²) in [5.41, 5.74) is 4.14. The topological polar surface area (TPSA) is 69.0 Å². The molecule has 0 aliphatic rings. The molecule has 0 aliphatic carbocycles. The highest BCUT2D eigenvalue weighted by Crippen LogP contribution is 2.22. The largest absolute Gasteiger partial charge is 0.496 e. The van der Waals surface area contributed by atoms with Gasteiger partial charge in [0.25, 0.3) is 5.91 Å². The second kappa shape index (κ2) is 7.56. The highest BCUT2D eigenvalue weighted by atomic mass is 16.5. The van der Waals surface area contributed by atoms with Gasteiger partial charge in [-0.2, -0.15) is 5.10 Å². The molecule has 26 heavy (non-hydrogen) atoms. The van der Waals surface area contributed by atoms with Gasteiger partial charge >= 0.3 is 0 Å². The van der Waals surface area contributed by atoms with Crippen LogP contribution in [0.3, 0.4) is 0 Å². The minimum Gasteiger partial charge on any atom is -0.496 e. The van der Waals surface area contributed by atoms with Crippen molar-refractivity contribution in [2.45, 2.75) is 26.7 Å². The van der Waals surface area contributed by atoms with E-state index in [9.17, 15) is 4.79 Å². The Morgan fingerprint density at radius 2 is 2.04 bits per heavy atom. The molecule has 0 atom stereocenters. The zero-order chi connectivity index (χ0) is 18.7. The van der Waals surface area contributed by atoms with Crippen LogP contribution in [0, 0.1) is 13.8 Å². The van der Waals surface area contributed by atoms with Gasteiger partial charge in [-0.1, -0.05) is 18.2 Å². The zero-order valence-corrected chi connectivity index (χ0v) is 15.7. The maximum atomic E-state index is 12.7.